The standard InChI is InChI=1S/C21H20N6/c1-14(13-22)21(25-24)20(23)18-9-5-16(6-10-18)15-3-7-17(8-4-15)19-11-12-27(2)26-19/h3-12,25H,1,23-24H2,2H3/b21-20-. The van der Waals surface area contributed by atoms with Gasteiger partial charge >= 0.3 is 0 Å². The number of nitrogens with zero attached hydrogens (tertiary/aromatic N) is 3. The lowest BCUT2D eigenvalue weighted by Gasteiger charge is -2.11. The van der Waals surface area contributed by atoms with E-state index in [0.29, 0.717) is 11.4 Å². The first-order chi connectivity index (χ1) is 13.0. The van der Waals surface area contributed by atoms with Crippen molar-refractivity contribution in [1.29, 1.82) is 5.26 Å². The minimum Gasteiger partial charge on any atom is -0.396 e. The van der Waals surface area contributed by atoms with E-state index in [2.05, 4.69) is 29.2 Å². The smallest absolute Gasteiger partial charge is 0.101 e. The van der Waals surface area contributed by atoms with Crippen molar-refractivity contribution in [3.05, 3.63) is 84.2 Å². The third-order valence-corrected chi connectivity index (χ3v) is 4.27. The van der Waals surface area contributed by atoms with Gasteiger partial charge in [-0.05, 0) is 22.8 Å². The first kappa shape index (κ1) is 18.0. The van der Waals surface area contributed by atoms with Crippen molar-refractivity contribution < 1.29 is 0 Å². The van der Waals surface area contributed by atoms with E-state index in [9.17, 15) is 0 Å². The molecule has 3 rings (SSSR count). The molecular weight excluding hydrogens is 336 g/mol. The van der Waals surface area contributed by atoms with Crippen LogP contribution in [0.3, 0.4) is 0 Å². The van der Waals surface area contributed by atoms with Crippen LogP contribution in [0, 0.1) is 11.3 Å². The molecule has 6 nitrogen and oxygen atoms in total. The molecule has 0 fully saturated rings. The molecule has 0 spiro atoms. The zero-order valence-corrected chi connectivity index (χ0v) is 15.0. The first-order valence-electron chi connectivity index (χ1n) is 8.30. The number of nitriles is 1. The Morgan fingerprint density at radius 2 is 1.59 bits per heavy atom. The van der Waals surface area contributed by atoms with E-state index in [1.54, 1.807) is 4.68 Å². The van der Waals surface area contributed by atoms with Gasteiger partial charge < -0.3 is 11.2 Å². The molecule has 0 aliphatic rings. The van der Waals surface area contributed by atoms with Crippen LogP contribution in [0.1, 0.15) is 5.56 Å². The average molecular weight is 356 g/mol. The Kier molecular flexibility index (Phi) is 5.06. The number of hydrazine groups is 1. The molecule has 134 valence electrons. The molecule has 0 aliphatic heterocycles. The van der Waals surface area contributed by atoms with Crippen molar-refractivity contribution in [3.8, 4) is 28.5 Å². The molecule has 0 unspecified atom stereocenters. The van der Waals surface area contributed by atoms with Crippen molar-refractivity contribution >= 4 is 5.70 Å². The Morgan fingerprint density at radius 1 is 1.04 bits per heavy atom. The summed E-state index contributed by atoms with van der Waals surface area (Å²) in [4.78, 5) is 0. The minimum atomic E-state index is 0.184. The number of hydrogen-bond donors (Lipinski definition) is 3. The van der Waals surface area contributed by atoms with Gasteiger partial charge in [0.15, 0.2) is 0 Å². The third kappa shape index (κ3) is 3.73. The predicted octanol–water partition coefficient (Wildman–Crippen LogP) is 2.92. The maximum absolute atomic E-state index is 8.99. The summed E-state index contributed by atoms with van der Waals surface area (Å²) in [5.74, 6) is 5.47. The zero-order chi connectivity index (χ0) is 19.4. The fourth-order valence-corrected chi connectivity index (χ4v) is 2.77. The Balaban J connectivity index is 1.86. The van der Waals surface area contributed by atoms with E-state index in [-0.39, 0.29) is 5.57 Å². The molecule has 1 aromatic heterocycles. The van der Waals surface area contributed by atoms with Gasteiger partial charge in [-0.2, -0.15) is 10.4 Å². The summed E-state index contributed by atoms with van der Waals surface area (Å²) in [6, 6.07) is 19.9. The van der Waals surface area contributed by atoms with Crippen LogP contribution in [-0.4, -0.2) is 9.78 Å². The molecular formula is C21H20N6. The van der Waals surface area contributed by atoms with Crippen LogP contribution < -0.4 is 17.0 Å². The highest BCUT2D eigenvalue weighted by molar-refractivity contribution is 5.74. The Labute approximate surface area is 158 Å². The number of allylic oxidation sites excluding steroid dienone is 1. The first-order valence-corrected chi connectivity index (χ1v) is 8.30. The maximum Gasteiger partial charge on any atom is 0.101 e. The van der Waals surface area contributed by atoms with Gasteiger partial charge in [0.2, 0.25) is 0 Å². The Morgan fingerprint density at radius 3 is 2.07 bits per heavy atom. The van der Waals surface area contributed by atoms with Crippen LogP contribution in [0.2, 0.25) is 0 Å². The van der Waals surface area contributed by atoms with Crippen LogP contribution in [0.25, 0.3) is 28.1 Å². The summed E-state index contributed by atoms with van der Waals surface area (Å²) < 4.78 is 1.78. The van der Waals surface area contributed by atoms with E-state index in [4.69, 9.17) is 16.8 Å². The average Bonchev–Trinajstić information content (AvgIpc) is 3.15. The summed E-state index contributed by atoms with van der Waals surface area (Å²) in [5.41, 5.74) is 14.4. The van der Waals surface area contributed by atoms with E-state index in [0.717, 1.165) is 27.9 Å². The van der Waals surface area contributed by atoms with Crippen LogP contribution in [0.4, 0.5) is 0 Å². The summed E-state index contributed by atoms with van der Waals surface area (Å²) in [5, 5.41) is 13.4. The SMILES string of the molecule is C=C(C#N)/C(NN)=C(/N)c1ccc(-c2ccc(-c3ccn(C)n3)cc2)cc1. The second-order valence-corrected chi connectivity index (χ2v) is 6.05. The van der Waals surface area contributed by atoms with Crippen LogP contribution in [0.5, 0.6) is 0 Å². The Bertz CT molecular complexity index is 1030. The number of nitrogens with two attached hydrogens (primary N) is 2. The predicted molar refractivity (Wildman–Crippen MR) is 107 cm³/mol. The van der Waals surface area contributed by atoms with Crippen LogP contribution in [-0.2, 0) is 7.05 Å². The quantitative estimate of drug-likeness (QED) is 0.282. The van der Waals surface area contributed by atoms with Gasteiger partial charge in [0.25, 0.3) is 0 Å². The Hall–Kier alpha value is -3.82. The van der Waals surface area contributed by atoms with Gasteiger partial charge in [-0.1, -0.05) is 55.1 Å². The second kappa shape index (κ2) is 7.60. The molecule has 3 aromatic rings. The summed E-state index contributed by atoms with van der Waals surface area (Å²) >= 11 is 0. The zero-order valence-electron chi connectivity index (χ0n) is 15.0. The monoisotopic (exact) mass is 356 g/mol. The lowest BCUT2D eigenvalue weighted by atomic mass is 10.00. The largest absolute Gasteiger partial charge is 0.396 e. The molecule has 0 bridgehead atoms. The number of benzene rings is 2. The van der Waals surface area contributed by atoms with Crippen molar-refractivity contribution in [2.24, 2.45) is 18.6 Å². The topological polar surface area (TPSA) is 106 Å². The highest BCUT2D eigenvalue weighted by Crippen LogP contribution is 2.25. The minimum absolute atomic E-state index is 0.184. The fraction of sp³-hybridized carbons (Fsp3) is 0.0476. The van der Waals surface area contributed by atoms with E-state index in [1.165, 1.54) is 0 Å². The number of aryl methyl sites for hydroxylation is 1. The van der Waals surface area contributed by atoms with Gasteiger partial charge in [0.1, 0.15) is 6.07 Å². The van der Waals surface area contributed by atoms with Gasteiger partial charge in [-0.3, -0.25) is 10.5 Å². The van der Waals surface area contributed by atoms with E-state index in [1.807, 2.05) is 61.8 Å². The van der Waals surface area contributed by atoms with Crippen molar-refractivity contribution in [1.82, 2.24) is 15.2 Å². The molecule has 0 saturated carbocycles. The normalized spacial score (nSPS) is 11.4. The van der Waals surface area contributed by atoms with Crippen molar-refractivity contribution in [3.63, 3.8) is 0 Å². The number of hydrogen-bond acceptors (Lipinski definition) is 5. The summed E-state index contributed by atoms with van der Waals surface area (Å²) in [7, 11) is 1.90. The third-order valence-electron chi connectivity index (χ3n) is 4.27. The maximum atomic E-state index is 8.99. The molecule has 27 heavy (non-hydrogen) atoms. The van der Waals surface area contributed by atoms with Gasteiger partial charge in [-0.15, -0.1) is 0 Å². The molecule has 6 heteroatoms. The highest BCUT2D eigenvalue weighted by atomic mass is 15.2. The molecule has 0 radical (unpaired) electrons. The summed E-state index contributed by atoms with van der Waals surface area (Å²) in [6.45, 7) is 3.64. The van der Waals surface area contributed by atoms with Gasteiger partial charge in [-0.25, -0.2) is 0 Å². The summed E-state index contributed by atoms with van der Waals surface area (Å²) in [6.07, 6.45) is 1.92. The van der Waals surface area contributed by atoms with Crippen LogP contribution >= 0.6 is 0 Å². The highest BCUT2D eigenvalue weighted by Gasteiger charge is 2.09. The molecule has 0 saturated heterocycles. The number of aromatic nitrogens is 2. The van der Waals surface area contributed by atoms with E-state index < -0.39 is 0 Å². The molecule has 1 heterocycles. The molecule has 5 N–H and O–H groups in total. The fourth-order valence-electron chi connectivity index (χ4n) is 2.77. The lowest BCUT2D eigenvalue weighted by Crippen LogP contribution is -2.25. The molecule has 2 aromatic carbocycles. The number of rotatable bonds is 5. The van der Waals surface area contributed by atoms with Gasteiger partial charge in [0.05, 0.1) is 22.7 Å². The second-order valence-electron chi connectivity index (χ2n) is 6.05. The molecule has 0 aliphatic carbocycles. The van der Waals surface area contributed by atoms with Crippen molar-refractivity contribution in [2.45, 2.75) is 0 Å². The molecule has 0 amide bonds. The molecule has 0 atom stereocenters. The van der Waals surface area contributed by atoms with Crippen LogP contribution in [0.15, 0.2) is 78.6 Å². The van der Waals surface area contributed by atoms with Gasteiger partial charge in [0, 0.05) is 18.8 Å². The van der Waals surface area contributed by atoms with E-state index >= 15 is 0 Å². The lowest BCUT2D eigenvalue weighted by molar-refractivity contribution is 0.771. The number of nitrogens with one attached hydrogen (secondary N) is 1. The van der Waals surface area contributed by atoms with Crippen molar-refractivity contribution in [2.75, 3.05) is 0 Å².